The highest BCUT2D eigenvalue weighted by molar-refractivity contribution is 7.05. The summed E-state index contributed by atoms with van der Waals surface area (Å²) in [5.74, 6) is 0.439. The summed E-state index contributed by atoms with van der Waals surface area (Å²) in [6.07, 6.45) is 5.11. The van der Waals surface area contributed by atoms with Crippen LogP contribution < -0.4 is 5.32 Å². The zero-order valence-electron chi connectivity index (χ0n) is 11.3. The van der Waals surface area contributed by atoms with Crippen molar-refractivity contribution in [1.29, 1.82) is 0 Å². The van der Waals surface area contributed by atoms with Gasteiger partial charge in [-0.05, 0) is 49.5 Å². The topological polar surface area (TPSA) is 50.7 Å². The maximum absolute atomic E-state index is 4.60. The van der Waals surface area contributed by atoms with Gasteiger partial charge in [0.15, 0.2) is 0 Å². The molecule has 4 nitrogen and oxygen atoms in total. The van der Waals surface area contributed by atoms with E-state index in [1.807, 2.05) is 19.3 Å². The summed E-state index contributed by atoms with van der Waals surface area (Å²) >= 11 is 1.52. The fourth-order valence-electron chi connectivity index (χ4n) is 2.98. The Labute approximate surface area is 117 Å². The van der Waals surface area contributed by atoms with Gasteiger partial charge in [-0.3, -0.25) is 4.98 Å². The lowest BCUT2D eigenvalue weighted by atomic mass is 9.94. The molecular formula is C14H18N4S. The van der Waals surface area contributed by atoms with E-state index in [0.29, 0.717) is 5.92 Å². The Morgan fingerprint density at radius 2 is 2.42 bits per heavy atom. The van der Waals surface area contributed by atoms with Crippen molar-refractivity contribution in [1.82, 2.24) is 19.9 Å². The summed E-state index contributed by atoms with van der Waals surface area (Å²) < 4.78 is 4.12. The lowest BCUT2D eigenvalue weighted by Gasteiger charge is -2.22. The highest BCUT2D eigenvalue weighted by Gasteiger charge is 2.33. The third-order valence-corrected chi connectivity index (χ3v) is 4.77. The van der Waals surface area contributed by atoms with Crippen molar-refractivity contribution < 1.29 is 0 Å². The first-order chi connectivity index (χ1) is 9.35. The molecule has 0 spiro atoms. The highest BCUT2D eigenvalue weighted by Crippen LogP contribution is 2.41. The molecule has 0 aromatic carbocycles. The van der Waals surface area contributed by atoms with Crippen LogP contribution in [-0.2, 0) is 12.8 Å². The van der Waals surface area contributed by atoms with Crippen molar-refractivity contribution in [3.05, 3.63) is 40.2 Å². The molecule has 0 bridgehead atoms. The van der Waals surface area contributed by atoms with E-state index in [-0.39, 0.29) is 6.04 Å². The Morgan fingerprint density at radius 3 is 3.21 bits per heavy atom. The minimum absolute atomic E-state index is 0.283. The highest BCUT2D eigenvalue weighted by atomic mass is 32.1. The van der Waals surface area contributed by atoms with Gasteiger partial charge in [0.2, 0.25) is 0 Å². The van der Waals surface area contributed by atoms with Crippen LogP contribution in [0, 0.1) is 0 Å². The third kappa shape index (κ3) is 2.17. The van der Waals surface area contributed by atoms with E-state index in [9.17, 15) is 0 Å². The Morgan fingerprint density at radius 1 is 1.53 bits per heavy atom. The van der Waals surface area contributed by atoms with Gasteiger partial charge in [-0.25, -0.2) is 0 Å². The molecule has 1 aliphatic rings. The molecule has 2 unspecified atom stereocenters. The number of nitrogens with one attached hydrogen (secondary N) is 1. The number of aromatic nitrogens is 3. The van der Waals surface area contributed by atoms with Crippen LogP contribution >= 0.6 is 11.5 Å². The molecule has 2 aromatic rings. The fourth-order valence-corrected chi connectivity index (χ4v) is 3.89. The van der Waals surface area contributed by atoms with Gasteiger partial charge in [0, 0.05) is 17.8 Å². The van der Waals surface area contributed by atoms with E-state index < -0.39 is 0 Å². The molecule has 19 heavy (non-hydrogen) atoms. The molecule has 0 aliphatic heterocycles. The van der Waals surface area contributed by atoms with Crippen LogP contribution in [-0.4, -0.2) is 21.6 Å². The molecule has 0 saturated heterocycles. The molecule has 0 fully saturated rings. The zero-order chi connectivity index (χ0) is 13.2. The number of hydrogen-bond acceptors (Lipinski definition) is 5. The molecule has 5 heteroatoms. The van der Waals surface area contributed by atoms with Crippen LogP contribution in [0.15, 0.2) is 18.3 Å². The molecule has 2 aromatic heterocycles. The van der Waals surface area contributed by atoms with Crippen molar-refractivity contribution >= 4 is 11.5 Å². The summed E-state index contributed by atoms with van der Waals surface area (Å²) in [6.45, 7) is 2.13. The molecule has 2 atom stereocenters. The van der Waals surface area contributed by atoms with E-state index in [2.05, 4.69) is 32.9 Å². The van der Waals surface area contributed by atoms with Crippen molar-refractivity contribution in [3.63, 3.8) is 0 Å². The number of rotatable bonds is 4. The average molecular weight is 274 g/mol. The molecule has 3 rings (SSSR count). The number of fused-ring (bicyclic) bond motifs is 1. The van der Waals surface area contributed by atoms with Gasteiger partial charge in [-0.15, -0.1) is 5.10 Å². The first-order valence-electron chi connectivity index (χ1n) is 6.77. The van der Waals surface area contributed by atoms with Gasteiger partial charge >= 0.3 is 0 Å². The normalized spacial score (nSPS) is 19.4. The molecule has 2 heterocycles. The van der Waals surface area contributed by atoms with Crippen molar-refractivity contribution in [3.8, 4) is 0 Å². The molecule has 0 saturated carbocycles. The monoisotopic (exact) mass is 274 g/mol. The largest absolute Gasteiger partial charge is 0.312 e. The Bertz CT molecular complexity index is 566. The van der Waals surface area contributed by atoms with E-state index in [4.69, 9.17) is 0 Å². The van der Waals surface area contributed by atoms with Crippen LogP contribution in [0.1, 0.15) is 47.1 Å². The molecule has 100 valence electrons. The van der Waals surface area contributed by atoms with Crippen LogP contribution in [0.5, 0.6) is 0 Å². The number of hydrogen-bond donors (Lipinski definition) is 1. The average Bonchev–Trinajstić information content (AvgIpc) is 3.07. The van der Waals surface area contributed by atoms with E-state index in [1.165, 1.54) is 27.7 Å². The number of pyridine rings is 1. The number of likely N-dealkylation sites (N-methyl/N-ethyl adjacent to an activating group) is 1. The third-order valence-electron chi connectivity index (χ3n) is 3.92. The van der Waals surface area contributed by atoms with Gasteiger partial charge in [-0.2, -0.15) is 0 Å². The second kappa shape index (κ2) is 5.35. The Hall–Kier alpha value is -1.33. The lowest BCUT2D eigenvalue weighted by molar-refractivity contribution is 0.473. The first-order valence-corrected chi connectivity index (χ1v) is 7.54. The molecular weight excluding hydrogens is 256 g/mol. The summed E-state index contributed by atoms with van der Waals surface area (Å²) in [7, 11) is 2.02. The molecule has 0 radical (unpaired) electrons. The summed E-state index contributed by atoms with van der Waals surface area (Å²) in [4.78, 5) is 5.87. The Balaban J connectivity index is 1.97. The smallest absolute Gasteiger partial charge is 0.0801 e. The van der Waals surface area contributed by atoms with Crippen molar-refractivity contribution in [2.75, 3.05) is 7.05 Å². The van der Waals surface area contributed by atoms with Crippen LogP contribution in [0.3, 0.4) is 0 Å². The van der Waals surface area contributed by atoms with Gasteiger partial charge in [0.1, 0.15) is 0 Å². The molecule has 0 amide bonds. The standard InChI is InChI=1S/C14H18N4S/c1-3-11-14(19-18-17-11)13(15-2)10-7-6-9-5-4-8-16-12(9)10/h4-5,8,10,13,15H,3,6-7H2,1-2H3. The number of nitrogens with zero attached hydrogens (tertiary/aromatic N) is 3. The maximum atomic E-state index is 4.60. The molecule has 1 aliphatic carbocycles. The minimum Gasteiger partial charge on any atom is -0.312 e. The van der Waals surface area contributed by atoms with Crippen LogP contribution in [0.25, 0.3) is 0 Å². The predicted octanol–water partition coefficient (Wildman–Crippen LogP) is 2.49. The summed E-state index contributed by atoms with van der Waals surface area (Å²) in [6, 6.07) is 4.51. The van der Waals surface area contributed by atoms with Crippen molar-refractivity contribution in [2.24, 2.45) is 0 Å². The number of aryl methyl sites for hydroxylation is 2. The van der Waals surface area contributed by atoms with E-state index in [1.54, 1.807) is 0 Å². The lowest BCUT2D eigenvalue weighted by Crippen LogP contribution is -2.23. The van der Waals surface area contributed by atoms with E-state index in [0.717, 1.165) is 25.0 Å². The minimum atomic E-state index is 0.283. The van der Waals surface area contributed by atoms with Gasteiger partial charge < -0.3 is 5.32 Å². The van der Waals surface area contributed by atoms with Gasteiger partial charge in [-0.1, -0.05) is 17.5 Å². The summed E-state index contributed by atoms with van der Waals surface area (Å²) in [5, 5.41) is 7.69. The van der Waals surface area contributed by atoms with Crippen LogP contribution in [0.2, 0.25) is 0 Å². The second-order valence-electron chi connectivity index (χ2n) is 4.90. The SMILES string of the molecule is CCc1nnsc1C(NC)C1CCc2cccnc21. The van der Waals surface area contributed by atoms with Crippen LogP contribution in [0.4, 0.5) is 0 Å². The second-order valence-corrected chi connectivity index (χ2v) is 5.68. The molecule has 1 N–H and O–H groups in total. The zero-order valence-corrected chi connectivity index (χ0v) is 12.1. The summed E-state index contributed by atoms with van der Waals surface area (Å²) in [5.41, 5.74) is 3.76. The fraction of sp³-hybridized carbons (Fsp3) is 0.500. The van der Waals surface area contributed by atoms with Gasteiger partial charge in [0.05, 0.1) is 16.6 Å². The quantitative estimate of drug-likeness (QED) is 0.930. The van der Waals surface area contributed by atoms with Gasteiger partial charge in [0.25, 0.3) is 0 Å². The Kier molecular flexibility index (Phi) is 3.57. The predicted molar refractivity (Wildman–Crippen MR) is 76.4 cm³/mol. The van der Waals surface area contributed by atoms with E-state index >= 15 is 0 Å². The van der Waals surface area contributed by atoms with Crippen molar-refractivity contribution in [2.45, 2.75) is 38.1 Å². The maximum Gasteiger partial charge on any atom is 0.0801 e. The first kappa shape index (κ1) is 12.7.